The van der Waals surface area contributed by atoms with Crippen molar-refractivity contribution in [2.24, 2.45) is 0 Å². The Hall–Kier alpha value is -0.680. The molecule has 6 heteroatoms. The number of hydrogen-bond acceptors (Lipinski definition) is 4. The van der Waals surface area contributed by atoms with E-state index >= 15 is 0 Å². The molecule has 0 N–H and O–H groups in total. The van der Waals surface area contributed by atoms with Crippen LogP contribution in [0, 0.1) is 0 Å². The van der Waals surface area contributed by atoms with Crippen molar-refractivity contribution < 1.29 is 0 Å². The quantitative estimate of drug-likeness (QED) is 0.501. The summed E-state index contributed by atoms with van der Waals surface area (Å²) in [6.45, 7) is 0. The van der Waals surface area contributed by atoms with E-state index in [2.05, 4.69) is 21.4 Å². The lowest BCUT2D eigenvalue weighted by Gasteiger charge is -1.99. The van der Waals surface area contributed by atoms with Gasteiger partial charge in [-0.1, -0.05) is 17.7 Å². The van der Waals surface area contributed by atoms with Gasteiger partial charge < -0.3 is 0 Å². The van der Waals surface area contributed by atoms with Gasteiger partial charge in [-0.25, -0.2) is 9.97 Å². The Labute approximate surface area is 116 Å². The summed E-state index contributed by atoms with van der Waals surface area (Å²) in [5.41, 5.74) is 1.10. The van der Waals surface area contributed by atoms with Crippen molar-refractivity contribution in [2.45, 2.75) is 5.88 Å². The fourth-order valence-corrected chi connectivity index (χ4v) is 3.86. The number of fused-ring (bicyclic) bond motifs is 1. The monoisotopic (exact) mass is 300 g/mol. The van der Waals surface area contributed by atoms with Crippen LogP contribution in [0.1, 0.15) is 5.82 Å². The summed E-state index contributed by atoms with van der Waals surface area (Å²) < 4.78 is 0. The summed E-state index contributed by atoms with van der Waals surface area (Å²) in [6, 6.07) is 4.09. The van der Waals surface area contributed by atoms with Crippen LogP contribution >= 0.6 is 45.9 Å². The number of aromatic nitrogens is 2. The summed E-state index contributed by atoms with van der Waals surface area (Å²) in [6.07, 6.45) is 0. The van der Waals surface area contributed by atoms with E-state index in [0.29, 0.717) is 11.0 Å². The molecule has 0 fully saturated rings. The topological polar surface area (TPSA) is 25.8 Å². The zero-order chi connectivity index (χ0) is 11.8. The van der Waals surface area contributed by atoms with Gasteiger partial charge in [-0.15, -0.1) is 34.3 Å². The first-order valence-corrected chi connectivity index (χ1v) is 7.50. The molecule has 0 aliphatic carbocycles. The number of thiophene rings is 2. The Kier molecular flexibility index (Phi) is 3.04. The number of hydrogen-bond donors (Lipinski definition) is 0. The summed E-state index contributed by atoms with van der Waals surface area (Å²) in [7, 11) is 0. The van der Waals surface area contributed by atoms with Crippen LogP contribution in [0.5, 0.6) is 0 Å². The number of alkyl halides is 1. The fraction of sp³-hybridized carbons (Fsp3) is 0.0909. The lowest BCUT2D eigenvalue weighted by Crippen LogP contribution is -1.91. The summed E-state index contributed by atoms with van der Waals surface area (Å²) >= 11 is 15.2. The first kappa shape index (κ1) is 11.4. The molecule has 0 atom stereocenters. The SMILES string of the molecule is ClCc1nc(Cl)c2c(-c3cccs3)csc2n1. The smallest absolute Gasteiger partial charge is 0.146 e. The predicted molar refractivity (Wildman–Crippen MR) is 75.3 cm³/mol. The average Bonchev–Trinajstić information content (AvgIpc) is 2.96. The minimum atomic E-state index is 0.280. The number of halogens is 2. The van der Waals surface area contributed by atoms with Crippen molar-refractivity contribution in [3.63, 3.8) is 0 Å². The summed E-state index contributed by atoms with van der Waals surface area (Å²) in [5.74, 6) is 0.853. The molecule has 0 bridgehead atoms. The Bertz CT molecular complexity index is 661. The second-order valence-electron chi connectivity index (χ2n) is 3.37. The maximum Gasteiger partial charge on any atom is 0.146 e. The largest absolute Gasteiger partial charge is 0.221 e. The molecule has 3 aromatic heterocycles. The highest BCUT2D eigenvalue weighted by Gasteiger charge is 2.14. The Balaban J connectivity index is 2.29. The molecule has 3 rings (SSSR count). The molecular formula is C11H6Cl2N2S2. The third kappa shape index (κ3) is 1.95. The third-order valence-corrected chi connectivity index (χ3v) is 4.63. The van der Waals surface area contributed by atoms with E-state index in [1.165, 1.54) is 4.88 Å². The van der Waals surface area contributed by atoms with Crippen LogP contribution < -0.4 is 0 Å². The fourth-order valence-electron chi connectivity index (χ4n) is 1.61. The van der Waals surface area contributed by atoms with Gasteiger partial charge in [-0.3, -0.25) is 0 Å². The van der Waals surface area contributed by atoms with Crippen LogP contribution in [0.25, 0.3) is 20.7 Å². The Morgan fingerprint density at radius 1 is 1.24 bits per heavy atom. The van der Waals surface area contributed by atoms with E-state index in [4.69, 9.17) is 23.2 Å². The minimum Gasteiger partial charge on any atom is -0.221 e. The van der Waals surface area contributed by atoms with Gasteiger partial charge in [0.25, 0.3) is 0 Å². The highest BCUT2D eigenvalue weighted by atomic mass is 35.5. The lowest BCUT2D eigenvalue weighted by atomic mass is 10.2. The third-order valence-electron chi connectivity index (χ3n) is 2.34. The molecule has 0 unspecified atom stereocenters. The molecule has 86 valence electrons. The van der Waals surface area contributed by atoms with Gasteiger partial charge in [0.05, 0.1) is 11.3 Å². The van der Waals surface area contributed by atoms with Gasteiger partial charge in [0.1, 0.15) is 15.8 Å². The van der Waals surface area contributed by atoms with Crippen molar-refractivity contribution in [3.8, 4) is 10.4 Å². The molecule has 0 aliphatic heterocycles. The van der Waals surface area contributed by atoms with E-state index < -0.39 is 0 Å². The van der Waals surface area contributed by atoms with Gasteiger partial charge in [-0.2, -0.15) is 0 Å². The molecule has 0 amide bonds. The molecule has 3 heterocycles. The van der Waals surface area contributed by atoms with Crippen LogP contribution in [0.4, 0.5) is 0 Å². The molecular weight excluding hydrogens is 295 g/mol. The maximum absolute atomic E-state index is 6.21. The number of nitrogens with zero attached hydrogens (tertiary/aromatic N) is 2. The summed E-state index contributed by atoms with van der Waals surface area (Å²) in [5, 5.41) is 5.51. The van der Waals surface area contributed by atoms with E-state index in [0.717, 1.165) is 15.8 Å². The molecule has 0 saturated heterocycles. The van der Waals surface area contributed by atoms with Crippen LogP contribution in [0.2, 0.25) is 5.15 Å². The number of rotatable bonds is 2. The van der Waals surface area contributed by atoms with Crippen LogP contribution in [0.15, 0.2) is 22.9 Å². The van der Waals surface area contributed by atoms with Gasteiger partial charge in [-0.05, 0) is 11.4 Å². The average molecular weight is 301 g/mol. The molecule has 3 aromatic rings. The first-order valence-electron chi connectivity index (χ1n) is 4.83. The molecule has 17 heavy (non-hydrogen) atoms. The van der Waals surface area contributed by atoms with Crippen molar-refractivity contribution in [1.29, 1.82) is 0 Å². The zero-order valence-electron chi connectivity index (χ0n) is 8.48. The lowest BCUT2D eigenvalue weighted by molar-refractivity contribution is 1.07. The maximum atomic E-state index is 6.21. The highest BCUT2D eigenvalue weighted by Crippen LogP contribution is 2.38. The molecule has 0 saturated carbocycles. The van der Waals surface area contributed by atoms with Crippen LogP contribution in [-0.4, -0.2) is 9.97 Å². The molecule has 0 spiro atoms. The molecule has 0 aliphatic rings. The molecule has 0 radical (unpaired) electrons. The van der Waals surface area contributed by atoms with Crippen molar-refractivity contribution >= 4 is 56.1 Å². The molecule has 0 aromatic carbocycles. The van der Waals surface area contributed by atoms with Crippen molar-refractivity contribution in [3.05, 3.63) is 33.9 Å². The minimum absolute atomic E-state index is 0.280. The standard InChI is InChI=1S/C11H6Cl2N2S2/c12-4-8-14-10(13)9-6(5-17-11(9)15-8)7-2-1-3-16-7/h1-3,5H,4H2. The van der Waals surface area contributed by atoms with E-state index in [-0.39, 0.29) is 5.88 Å². The van der Waals surface area contributed by atoms with E-state index in [9.17, 15) is 0 Å². The zero-order valence-corrected chi connectivity index (χ0v) is 11.6. The highest BCUT2D eigenvalue weighted by molar-refractivity contribution is 7.18. The van der Waals surface area contributed by atoms with Crippen molar-refractivity contribution in [2.75, 3.05) is 0 Å². The second-order valence-corrected chi connectivity index (χ2v) is 5.80. The Morgan fingerprint density at radius 3 is 2.82 bits per heavy atom. The van der Waals surface area contributed by atoms with E-state index in [1.54, 1.807) is 22.7 Å². The van der Waals surface area contributed by atoms with Gasteiger partial charge in [0.15, 0.2) is 0 Å². The van der Waals surface area contributed by atoms with E-state index in [1.807, 2.05) is 11.4 Å². The van der Waals surface area contributed by atoms with Crippen LogP contribution in [-0.2, 0) is 5.88 Å². The first-order chi connectivity index (χ1) is 8.29. The van der Waals surface area contributed by atoms with Gasteiger partial charge in [0.2, 0.25) is 0 Å². The van der Waals surface area contributed by atoms with Gasteiger partial charge in [0, 0.05) is 15.8 Å². The van der Waals surface area contributed by atoms with Crippen LogP contribution in [0.3, 0.4) is 0 Å². The Morgan fingerprint density at radius 2 is 2.12 bits per heavy atom. The van der Waals surface area contributed by atoms with Gasteiger partial charge >= 0.3 is 0 Å². The predicted octanol–water partition coefficient (Wildman–Crippen LogP) is 4.81. The molecule has 2 nitrogen and oxygen atoms in total. The second kappa shape index (κ2) is 4.53. The normalized spacial score (nSPS) is 11.2. The van der Waals surface area contributed by atoms with Crippen molar-refractivity contribution in [1.82, 2.24) is 9.97 Å². The summed E-state index contributed by atoms with van der Waals surface area (Å²) in [4.78, 5) is 10.7.